The van der Waals surface area contributed by atoms with E-state index < -0.39 is 26.2 Å². The second-order valence-corrected chi connectivity index (χ2v) is 7.35. The molecule has 0 spiro atoms. The Kier molecular flexibility index (Phi) is 4.75. The first-order valence-electron chi connectivity index (χ1n) is 6.75. The van der Waals surface area contributed by atoms with Gasteiger partial charge < -0.3 is 0 Å². The molecule has 8 heteroatoms. The fourth-order valence-electron chi connectivity index (χ4n) is 2.55. The molecular weight excluding hydrogens is 328 g/mol. The van der Waals surface area contributed by atoms with Gasteiger partial charge in [0.05, 0.1) is 15.4 Å². The summed E-state index contributed by atoms with van der Waals surface area (Å²) in [5.41, 5.74) is -1.38. The molecule has 0 heterocycles. The first kappa shape index (κ1) is 16.7. The molecule has 118 valence electrons. The Morgan fingerprint density at radius 2 is 1.95 bits per heavy atom. The van der Waals surface area contributed by atoms with E-state index in [9.17, 15) is 18.5 Å². The number of sulfonamides is 1. The highest BCUT2D eigenvalue weighted by atomic mass is 35.5. The third-order valence-electron chi connectivity index (χ3n) is 3.74. The highest BCUT2D eigenvalue weighted by Gasteiger charge is 2.35. The standard InChI is InChI=1S/C14H15ClN2O4S/c1-2-14(8-4-3-5-9-14)16-22(20,21)11-6-7-12(15)13(10-11)17(18)19/h1,6-7,10,16H,3-5,8-9H2. The summed E-state index contributed by atoms with van der Waals surface area (Å²) in [7, 11) is -3.96. The Balaban J connectivity index is 2.37. The van der Waals surface area contributed by atoms with Gasteiger partial charge in [-0.15, -0.1) is 6.42 Å². The smallest absolute Gasteiger partial charge is 0.258 e. The van der Waals surface area contributed by atoms with Gasteiger partial charge in [0.25, 0.3) is 5.69 Å². The lowest BCUT2D eigenvalue weighted by Gasteiger charge is -2.32. The summed E-state index contributed by atoms with van der Waals surface area (Å²) in [6.45, 7) is 0. The number of nitrogens with zero attached hydrogens (tertiary/aromatic N) is 1. The Morgan fingerprint density at radius 1 is 1.32 bits per heavy atom. The van der Waals surface area contributed by atoms with E-state index in [1.54, 1.807) is 0 Å². The van der Waals surface area contributed by atoms with Crippen LogP contribution in [0.2, 0.25) is 5.02 Å². The van der Waals surface area contributed by atoms with Crippen LogP contribution in [-0.2, 0) is 10.0 Å². The molecule has 1 aromatic rings. The molecule has 1 fully saturated rings. The van der Waals surface area contributed by atoms with E-state index >= 15 is 0 Å². The van der Waals surface area contributed by atoms with Gasteiger partial charge in [-0.05, 0) is 25.0 Å². The zero-order valence-electron chi connectivity index (χ0n) is 11.7. The van der Waals surface area contributed by atoms with Crippen LogP contribution in [0, 0.1) is 22.5 Å². The fourth-order valence-corrected chi connectivity index (χ4v) is 4.14. The first-order valence-corrected chi connectivity index (χ1v) is 8.61. The minimum atomic E-state index is -3.96. The van der Waals surface area contributed by atoms with E-state index in [-0.39, 0.29) is 9.92 Å². The number of hydrogen-bond donors (Lipinski definition) is 1. The van der Waals surface area contributed by atoms with Gasteiger partial charge in [-0.25, -0.2) is 8.42 Å². The molecule has 1 aromatic carbocycles. The monoisotopic (exact) mass is 342 g/mol. The number of benzene rings is 1. The van der Waals surface area contributed by atoms with Gasteiger partial charge in [0.1, 0.15) is 5.02 Å². The predicted molar refractivity (Wildman–Crippen MR) is 83.1 cm³/mol. The average Bonchev–Trinajstić information content (AvgIpc) is 2.47. The molecule has 0 aromatic heterocycles. The highest BCUT2D eigenvalue weighted by Crippen LogP contribution is 2.31. The fraction of sp³-hybridized carbons (Fsp3) is 0.429. The molecule has 0 saturated heterocycles. The van der Waals surface area contributed by atoms with Crippen LogP contribution in [0.1, 0.15) is 32.1 Å². The van der Waals surface area contributed by atoms with Gasteiger partial charge in [-0.1, -0.05) is 36.8 Å². The quantitative estimate of drug-likeness (QED) is 0.517. The molecule has 1 saturated carbocycles. The summed E-state index contributed by atoms with van der Waals surface area (Å²) in [5.74, 6) is 2.54. The molecule has 0 aliphatic heterocycles. The molecule has 0 amide bonds. The number of hydrogen-bond acceptors (Lipinski definition) is 4. The van der Waals surface area contributed by atoms with E-state index in [0.29, 0.717) is 12.8 Å². The third-order valence-corrected chi connectivity index (χ3v) is 5.59. The van der Waals surface area contributed by atoms with E-state index in [1.165, 1.54) is 12.1 Å². The molecule has 0 radical (unpaired) electrons. The van der Waals surface area contributed by atoms with Crippen LogP contribution < -0.4 is 4.72 Å². The Morgan fingerprint density at radius 3 is 2.50 bits per heavy atom. The van der Waals surface area contributed by atoms with Crippen LogP contribution in [0.4, 0.5) is 5.69 Å². The van der Waals surface area contributed by atoms with Crippen molar-refractivity contribution in [3.8, 4) is 12.3 Å². The topological polar surface area (TPSA) is 89.3 Å². The largest absolute Gasteiger partial charge is 0.289 e. The van der Waals surface area contributed by atoms with Crippen molar-refractivity contribution < 1.29 is 13.3 Å². The van der Waals surface area contributed by atoms with Crippen molar-refractivity contribution in [2.75, 3.05) is 0 Å². The van der Waals surface area contributed by atoms with Crippen molar-refractivity contribution >= 4 is 27.3 Å². The molecule has 0 atom stereocenters. The lowest BCUT2D eigenvalue weighted by atomic mass is 9.83. The minimum absolute atomic E-state index is 0.117. The van der Waals surface area contributed by atoms with E-state index in [4.69, 9.17) is 18.0 Å². The normalized spacial score (nSPS) is 17.6. The summed E-state index contributed by atoms with van der Waals surface area (Å²) in [4.78, 5) is 9.94. The highest BCUT2D eigenvalue weighted by molar-refractivity contribution is 7.89. The van der Waals surface area contributed by atoms with Gasteiger partial charge in [0.2, 0.25) is 10.0 Å². The summed E-state index contributed by atoms with van der Waals surface area (Å²) >= 11 is 5.70. The predicted octanol–water partition coefficient (Wildman–Crippen LogP) is 2.86. The molecule has 1 aliphatic rings. The van der Waals surface area contributed by atoms with Crippen LogP contribution in [0.15, 0.2) is 23.1 Å². The van der Waals surface area contributed by atoms with Crippen LogP contribution >= 0.6 is 11.6 Å². The van der Waals surface area contributed by atoms with Crippen LogP contribution in [0.5, 0.6) is 0 Å². The molecular formula is C14H15ClN2O4S. The summed E-state index contributed by atoms with van der Waals surface area (Å²) < 4.78 is 27.5. The van der Waals surface area contributed by atoms with Crippen molar-refractivity contribution in [3.05, 3.63) is 33.3 Å². The number of nitro groups is 1. The second kappa shape index (κ2) is 6.24. The van der Waals surface area contributed by atoms with Crippen LogP contribution in [0.25, 0.3) is 0 Å². The summed E-state index contributed by atoms with van der Waals surface area (Å²) in [5, 5.41) is 10.8. The van der Waals surface area contributed by atoms with Crippen molar-refractivity contribution in [3.63, 3.8) is 0 Å². The lowest BCUT2D eigenvalue weighted by molar-refractivity contribution is -0.384. The number of terminal acetylenes is 1. The number of halogens is 1. The maximum absolute atomic E-state index is 12.5. The Labute approximate surface area is 134 Å². The number of nitro benzene ring substituents is 1. The summed E-state index contributed by atoms with van der Waals surface area (Å²) in [6.07, 6.45) is 9.32. The third kappa shape index (κ3) is 3.40. The van der Waals surface area contributed by atoms with Gasteiger partial charge in [-0.3, -0.25) is 10.1 Å². The van der Waals surface area contributed by atoms with Crippen molar-refractivity contribution in [1.29, 1.82) is 0 Å². The Bertz CT molecular complexity index is 734. The second-order valence-electron chi connectivity index (χ2n) is 5.26. The maximum Gasteiger partial charge on any atom is 0.289 e. The maximum atomic E-state index is 12.5. The molecule has 22 heavy (non-hydrogen) atoms. The van der Waals surface area contributed by atoms with Gasteiger partial charge in [-0.2, -0.15) is 4.72 Å². The SMILES string of the molecule is C#CC1(NS(=O)(=O)c2ccc(Cl)c([N+](=O)[O-])c2)CCCCC1. The van der Waals surface area contributed by atoms with Crippen molar-refractivity contribution in [2.24, 2.45) is 0 Å². The molecule has 1 N–H and O–H groups in total. The number of rotatable bonds is 4. The average molecular weight is 343 g/mol. The van der Waals surface area contributed by atoms with E-state index in [2.05, 4.69) is 10.6 Å². The van der Waals surface area contributed by atoms with Crippen molar-refractivity contribution in [2.45, 2.75) is 42.5 Å². The van der Waals surface area contributed by atoms with Crippen LogP contribution in [-0.4, -0.2) is 18.9 Å². The zero-order chi connectivity index (χ0) is 16.4. The molecule has 1 aliphatic carbocycles. The minimum Gasteiger partial charge on any atom is -0.258 e. The molecule has 2 rings (SSSR count). The first-order chi connectivity index (χ1) is 10.3. The van der Waals surface area contributed by atoms with Gasteiger partial charge >= 0.3 is 0 Å². The lowest BCUT2D eigenvalue weighted by Crippen LogP contribution is -2.48. The molecule has 0 bridgehead atoms. The van der Waals surface area contributed by atoms with Crippen molar-refractivity contribution in [1.82, 2.24) is 4.72 Å². The van der Waals surface area contributed by atoms with Gasteiger partial charge in [0.15, 0.2) is 0 Å². The van der Waals surface area contributed by atoms with Gasteiger partial charge in [0, 0.05) is 6.07 Å². The molecule has 6 nitrogen and oxygen atoms in total. The Hall–Kier alpha value is -1.62. The van der Waals surface area contributed by atoms with E-state index in [1.807, 2.05) is 0 Å². The molecule has 0 unspecified atom stereocenters. The summed E-state index contributed by atoms with van der Waals surface area (Å²) in [6, 6.07) is 3.36. The van der Waals surface area contributed by atoms with Crippen LogP contribution in [0.3, 0.4) is 0 Å². The zero-order valence-corrected chi connectivity index (χ0v) is 13.3. The van der Waals surface area contributed by atoms with E-state index in [0.717, 1.165) is 25.3 Å². The number of nitrogens with one attached hydrogen (secondary N) is 1.